The molecule has 18 heavy (non-hydrogen) atoms. The van der Waals surface area contributed by atoms with Gasteiger partial charge in [0.25, 0.3) is 5.91 Å². The number of amides is 1. The number of carbonyl (C=O) groups excluding carboxylic acids is 2. The lowest BCUT2D eigenvalue weighted by molar-refractivity contribution is -0.136. The van der Waals surface area contributed by atoms with Crippen LogP contribution < -0.4 is 4.74 Å². The van der Waals surface area contributed by atoms with Crippen molar-refractivity contribution in [3.05, 3.63) is 28.7 Å². The van der Waals surface area contributed by atoms with Crippen molar-refractivity contribution < 1.29 is 14.3 Å². The number of hydrogen-bond acceptors (Lipinski definition) is 3. The summed E-state index contributed by atoms with van der Waals surface area (Å²) in [5.41, 5.74) is 0. The number of hydrogen-bond donors (Lipinski definition) is 0. The zero-order valence-electron chi connectivity index (χ0n) is 9.89. The Balaban J connectivity index is 1.81. The second-order valence-corrected chi connectivity index (χ2v) is 5.08. The van der Waals surface area contributed by atoms with E-state index in [4.69, 9.17) is 4.74 Å². The van der Waals surface area contributed by atoms with Crippen LogP contribution in [0.4, 0.5) is 0 Å². The Labute approximate surface area is 114 Å². The monoisotopic (exact) mass is 311 g/mol. The molecule has 0 bridgehead atoms. The topological polar surface area (TPSA) is 46.6 Å². The minimum absolute atomic E-state index is 0.0236. The molecule has 0 unspecified atom stereocenters. The average Bonchev–Trinajstić information content (AvgIpc) is 2.38. The zero-order chi connectivity index (χ0) is 13.0. The smallest absolute Gasteiger partial charge is 0.260 e. The summed E-state index contributed by atoms with van der Waals surface area (Å²) in [7, 11) is 0. The molecule has 1 saturated heterocycles. The van der Waals surface area contributed by atoms with E-state index in [0.29, 0.717) is 31.7 Å². The molecule has 0 saturated carbocycles. The minimum atomic E-state index is -0.0644. The maximum Gasteiger partial charge on any atom is 0.260 e. The average molecular weight is 312 g/mol. The highest BCUT2D eigenvalue weighted by Gasteiger charge is 2.20. The molecule has 0 atom stereocenters. The van der Waals surface area contributed by atoms with Gasteiger partial charge < -0.3 is 9.64 Å². The van der Waals surface area contributed by atoms with Gasteiger partial charge in [-0.3, -0.25) is 9.59 Å². The SMILES string of the molecule is O=C1CCN(C(=O)COc2ccc(Br)cc2)CC1. The molecule has 4 nitrogen and oxygen atoms in total. The molecular weight excluding hydrogens is 298 g/mol. The van der Waals surface area contributed by atoms with E-state index < -0.39 is 0 Å². The van der Waals surface area contributed by atoms with Gasteiger partial charge in [0, 0.05) is 30.4 Å². The lowest BCUT2D eigenvalue weighted by Gasteiger charge is -2.25. The third-order valence-electron chi connectivity index (χ3n) is 2.85. The van der Waals surface area contributed by atoms with Crippen LogP contribution in [0.25, 0.3) is 0 Å². The van der Waals surface area contributed by atoms with Gasteiger partial charge in [-0.05, 0) is 24.3 Å². The van der Waals surface area contributed by atoms with Crippen molar-refractivity contribution in [2.45, 2.75) is 12.8 Å². The van der Waals surface area contributed by atoms with Crippen molar-refractivity contribution in [2.75, 3.05) is 19.7 Å². The standard InChI is InChI=1S/C13H14BrNO3/c14-10-1-3-12(4-2-10)18-9-13(17)15-7-5-11(16)6-8-15/h1-4H,5-9H2. The second kappa shape index (κ2) is 6.00. The van der Waals surface area contributed by atoms with E-state index >= 15 is 0 Å². The van der Waals surface area contributed by atoms with Gasteiger partial charge in [-0.1, -0.05) is 15.9 Å². The number of ether oxygens (including phenoxy) is 1. The number of nitrogens with zero attached hydrogens (tertiary/aromatic N) is 1. The predicted molar refractivity (Wildman–Crippen MR) is 70.5 cm³/mol. The second-order valence-electron chi connectivity index (χ2n) is 4.16. The van der Waals surface area contributed by atoms with Crippen LogP contribution >= 0.6 is 15.9 Å². The van der Waals surface area contributed by atoms with Gasteiger partial charge in [-0.25, -0.2) is 0 Å². The first kappa shape index (κ1) is 13.1. The van der Waals surface area contributed by atoms with Gasteiger partial charge in [0.2, 0.25) is 0 Å². The summed E-state index contributed by atoms with van der Waals surface area (Å²) in [6, 6.07) is 7.33. The quantitative estimate of drug-likeness (QED) is 0.858. The van der Waals surface area contributed by atoms with Crippen LogP contribution in [-0.4, -0.2) is 36.3 Å². The molecule has 0 aromatic heterocycles. The molecule has 5 heteroatoms. The predicted octanol–water partition coefficient (Wildman–Crippen LogP) is 2.02. The van der Waals surface area contributed by atoms with E-state index in [9.17, 15) is 9.59 Å². The fourth-order valence-corrected chi connectivity index (χ4v) is 2.04. The number of Topliss-reactive ketones (excluding diaryl/α,β-unsaturated/α-hetero) is 1. The molecule has 2 rings (SSSR count). The summed E-state index contributed by atoms with van der Waals surface area (Å²) >= 11 is 3.33. The van der Waals surface area contributed by atoms with Crippen LogP contribution in [0, 0.1) is 0 Å². The molecule has 0 spiro atoms. The van der Waals surface area contributed by atoms with Crippen LogP contribution in [0.2, 0.25) is 0 Å². The summed E-state index contributed by atoms with van der Waals surface area (Å²) in [6.07, 6.45) is 0.925. The maximum atomic E-state index is 11.8. The van der Waals surface area contributed by atoms with E-state index in [0.717, 1.165) is 4.47 Å². The van der Waals surface area contributed by atoms with E-state index in [1.165, 1.54) is 0 Å². The van der Waals surface area contributed by atoms with Gasteiger partial charge >= 0.3 is 0 Å². The lowest BCUT2D eigenvalue weighted by Crippen LogP contribution is -2.41. The molecule has 1 fully saturated rings. The molecule has 1 aliphatic heterocycles. The molecule has 1 aromatic rings. The van der Waals surface area contributed by atoms with Crippen molar-refractivity contribution in [3.63, 3.8) is 0 Å². The number of ketones is 1. The Hall–Kier alpha value is -1.36. The first-order valence-electron chi connectivity index (χ1n) is 5.83. The number of rotatable bonds is 3. The zero-order valence-corrected chi connectivity index (χ0v) is 11.5. The molecule has 1 heterocycles. The van der Waals surface area contributed by atoms with Crippen molar-refractivity contribution in [1.29, 1.82) is 0 Å². The highest BCUT2D eigenvalue weighted by molar-refractivity contribution is 9.10. The van der Waals surface area contributed by atoms with Crippen LogP contribution in [-0.2, 0) is 9.59 Å². The number of carbonyl (C=O) groups is 2. The van der Waals surface area contributed by atoms with Crippen molar-refractivity contribution in [2.24, 2.45) is 0 Å². The van der Waals surface area contributed by atoms with E-state index in [-0.39, 0.29) is 18.3 Å². The van der Waals surface area contributed by atoms with Gasteiger partial charge in [0.1, 0.15) is 11.5 Å². The van der Waals surface area contributed by atoms with Crippen LogP contribution in [0.3, 0.4) is 0 Å². The molecule has 0 radical (unpaired) electrons. The van der Waals surface area contributed by atoms with E-state index in [1.54, 1.807) is 17.0 Å². The normalized spacial score (nSPS) is 15.6. The molecule has 1 aliphatic rings. The molecular formula is C13H14BrNO3. The molecule has 1 amide bonds. The first-order chi connectivity index (χ1) is 8.65. The van der Waals surface area contributed by atoms with E-state index in [1.807, 2.05) is 12.1 Å². The number of benzene rings is 1. The van der Waals surface area contributed by atoms with E-state index in [2.05, 4.69) is 15.9 Å². The van der Waals surface area contributed by atoms with Gasteiger partial charge in [0.05, 0.1) is 0 Å². The largest absolute Gasteiger partial charge is 0.484 e. The number of piperidine rings is 1. The fraction of sp³-hybridized carbons (Fsp3) is 0.385. The molecule has 0 N–H and O–H groups in total. The Kier molecular flexibility index (Phi) is 4.36. The summed E-state index contributed by atoms with van der Waals surface area (Å²) in [4.78, 5) is 24.6. The van der Waals surface area contributed by atoms with Gasteiger partial charge in [-0.2, -0.15) is 0 Å². The summed E-state index contributed by atoms with van der Waals surface area (Å²) in [5.74, 6) is 0.831. The molecule has 96 valence electrons. The van der Waals surface area contributed by atoms with Gasteiger partial charge in [0.15, 0.2) is 6.61 Å². The van der Waals surface area contributed by atoms with Crippen molar-refractivity contribution >= 4 is 27.6 Å². The maximum absolute atomic E-state index is 11.8. The van der Waals surface area contributed by atoms with Crippen LogP contribution in [0.15, 0.2) is 28.7 Å². The van der Waals surface area contributed by atoms with Crippen LogP contribution in [0.1, 0.15) is 12.8 Å². The third-order valence-corrected chi connectivity index (χ3v) is 3.38. The highest BCUT2D eigenvalue weighted by Crippen LogP contribution is 2.16. The highest BCUT2D eigenvalue weighted by atomic mass is 79.9. The Morgan fingerprint density at radius 3 is 2.44 bits per heavy atom. The fourth-order valence-electron chi connectivity index (χ4n) is 1.77. The first-order valence-corrected chi connectivity index (χ1v) is 6.62. The minimum Gasteiger partial charge on any atom is -0.484 e. The van der Waals surface area contributed by atoms with Crippen molar-refractivity contribution in [3.8, 4) is 5.75 Å². The Morgan fingerprint density at radius 1 is 1.22 bits per heavy atom. The third kappa shape index (κ3) is 3.57. The Bertz CT molecular complexity index is 434. The number of halogens is 1. The molecule has 1 aromatic carbocycles. The summed E-state index contributed by atoms with van der Waals surface area (Å²) < 4.78 is 6.37. The van der Waals surface area contributed by atoms with Crippen LogP contribution in [0.5, 0.6) is 5.75 Å². The summed E-state index contributed by atoms with van der Waals surface area (Å²) in [6.45, 7) is 1.05. The summed E-state index contributed by atoms with van der Waals surface area (Å²) in [5, 5.41) is 0. The lowest BCUT2D eigenvalue weighted by atomic mass is 10.1. The Morgan fingerprint density at radius 2 is 1.83 bits per heavy atom. The number of likely N-dealkylation sites (tertiary alicyclic amines) is 1. The van der Waals surface area contributed by atoms with Gasteiger partial charge in [-0.15, -0.1) is 0 Å². The van der Waals surface area contributed by atoms with Crippen molar-refractivity contribution in [1.82, 2.24) is 4.90 Å². The molecule has 0 aliphatic carbocycles.